The Morgan fingerprint density at radius 3 is 2.64 bits per heavy atom. The van der Waals surface area contributed by atoms with Gasteiger partial charge >= 0.3 is 0 Å². The second-order valence-corrected chi connectivity index (χ2v) is 3.31. The maximum Gasteiger partial charge on any atom is 0.131 e. The minimum atomic E-state index is -0.267. The fourth-order valence-corrected chi connectivity index (χ4v) is 1.43. The summed E-state index contributed by atoms with van der Waals surface area (Å²) in [4.78, 5) is 3.90. The van der Waals surface area contributed by atoms with Crippen molar-refractivity contribution in [3.05, 3.63) is 53.6 Å². The van der Waals surface area contributed by atoms with Gasteiger partial charge in [-0.2, -0.15) is 0 Å². The zero-order valence-corrected chi connectivity index (χ0v) is 8.00. The quantitative estimate of drug-likeness (QED) is 0.697. The summed E-state index contributed by atoms with van der Waals surface area (Å²) in [5.74, 6) is -0.267. The van der Waals surface area contributed by atoms with Crippen LogP contribution in [0.3, 0.4) is 0 Å². The SMILES string of the molecule is Fc1ccccc1-c1cncc(Cl)c1. The summed E-state index contributed by atoms with van der Waals surface area (Å²) in [6.07, 6.45) is 3.11. The second-order valence-electron chi connectivity index (χ2n) is 2.87. The molecule has 2 aromatic rings. The monoisotopic (exact) mass is 207 g/mol. The molecule has 0 fully saturated rings. The maximum absolute atomic E-state index is 13.3. The molecule has 70 valence electrons. The van der Waals surface area contributed by atoms with E-state index in [0.717, 1.165) is 0 Å². The summed E-state index contributed by atoms with van der Waals surface area (Å²) < 4.78 is 13.3. The van der Waals surface area contributed by atoms with Crippen LogP contribution in [-0.2, 0) is 0 Å². The molecule has 0 aliphatic rings. The fourth-order valence-electron chi connectivity index (χ4n) is 1.25. The molecule has 0 atom stereocenters. The van der Waals surface area contributed by atoms with E-state index < -0.39 is 0 Å². The molecule has 0 saturated carbocycles. The van der Waals surface area contributed by atoms with Crippen LogP contribution in [0.1, 0.15) is 0 Å². The summed E-state index contributed by atoms with van der Waals surface area (Å²) in [6.45, 7) is 0. The minimum Gasteiger partial charge on any atom is -0.263 e. The van der Waals surface area contributed by atoms with Crippen molar-refractivity contribution in [3.8, 4) is 11.1 Å². The Kier molecular flexibility index (Phi) is 2.46. The molecule has 0 unspecified atom stereocenters. The van der Waals surface area contributed by atoms with Gasteiger partial charge in [-0.25, -0.2) is 4.39 Å². The number of nitrogens with zero attached hydrogens (tertiary/aromatic N) is 1. The molecule has 1 aromatic carbocycles. The van der Waals surface area contributed by atoms with Gasteiger partial charge in [0, 0.05) is 23.5 Å². The number of benzene rings is 1. The molecule has 0 amide bonds. The standard InChI is InChI=1S/C11H7ClFN/c12-9-5-8(6-14-7-9)10-3-1-2-4-11(10)13/h1-7H. The third-order valence-electron chi connectivity index (χ3n) is 1.89. The first-order valence-electron chi connectivity index (χ1n) is 4.13. The lowest BCUT2D eigenvalue weighted by molar-refractivity contribution is 0.631. The number of hydrogen-bond donors (Lipinski definition) is 0. The summed E-state index contributed by atoms with van der Waals surface area (Å²) in [5, 5.41) is 0.505. The molecule has 0 spiro atoms. The highest BCUT2D eigenvalue weighted by Gasteiger charge is 2.03. The zero-order chi connectivity index (χ0) is 9.97. The van der Waals surface area contributed by atoms with E-state index in [1.54, 1.807) is 30.5 Å². The van der Waals surface area contributed by atoms with Crippen LogP contribution in [0.2, 0.25) is 5.02 Å². The van der Waals surface area contributed by atoms with Crippen molar-refractivity contribution in [2.45, 2.75) is 0 Å². The van der Waals surface area contributed by atoms with E-state index in [4.69, 9.17) is 11.6 Å². The van der Waals surface area contributed by atoms with E-state index in [-0.39, 0.29) is 5.82 Å². The summed E-state index contributed by atoms with van der Waals surface area (Å²) in [7, 11) is 0. The first kappa shape index (κ1) is 9.16. The van der Waals surface area contributed by atoms with Crippen molar-refractivity contribution in [2.75, 3.05) is 0 Å². The molecule has 1 aromatic heterocycles. The number of hydrogen-bond acceptors (Lipinski definition) is 1. The van der Waals surface area contributed by atoms with Crippen LogP contribution in [0.5, 0.6) is 0 Å². The Balaban J connectivity index is 2.55. The van der Waals surface area contributed by atoms with Gasteiger partial charge in [0.15, 0.2) is 0 Å². The van der Waals surface area contributed by atoms with Gasteiger partial charge in [-0.15, -0.1) is 0 Å². The van der Waals surface area contributed by atoms with Crippen molar-refractivity contribution in [1.29, 1.82) is 0 Å². The maximum atomic E-state index is 13.3. The smallest absolute Gasteiger partial charge is 0.131 e. The van der Waals surface area contributed by atoms with Crippen molar-refractivity contribution in [3.63, 3.8) is 0 Å². The Labute approximate surface area is 86.2 Å². The highest BCUT2D eigenvalue weighted by Crippen LogP contribution is 2.23. The molecule has 1 heterocycles. The van der Waals surface area contributed by atoms with Crippen molar-refractivity contribution in [1.82, 2.24) is 4.98 Å². The van der Waals surface area contributed by atoms with Gasteiger partial charge in [0.2, 0.25) is 0 Å². The number of rotatable bonds is 1. The first-order valence-corrected chi connectivity index (χ1v) is 4.50. The van der Waals surface area contributed by atoms with Crippen molar-refractivity contribution >= 4 is 11.6 Å². The molecule has 0 bridgehead atoms. The Hall–Kier alpha value is -1.41. The molecule has 0 aliphatic heterocycles. The van der Waals surface area contributed by atoms with Crippen LogP contribution in [0.15, 0.2) is 42.7 Å². The van der Waals surface area contributed by atoms with Gasteiger partial charge in [0.05, 0.1) is 5.02 Å². The van der Waals surface area contributed by atoms with Gasteiger partial charge in [0.1, 0.15) is 5.82 Å². The molecule has 0 saturated heterocycles. The average Bonchev–Trinajstić information content (AvgIpc) is 2.18. The van der Waals surface area contributed by atoms with Crippen LogP contribution < -0.4 is 0 Å². The molecular weight excluding hydrogens is 201 g/mol. The predicted octanol–water partition coefficient (Wildman–Crippen LogP) is 3.54. The topological polar surface area (TPSA) is 12.9 Å². The van der Waals surface area contributed by atoms with E-state index in [1.807, 2.05) is 0 Å². The number of pyridine rings is 1. The van der Waals surface area contributed by atoms with Crippen LogP contribution in [0.4, 0.5) is 4.39 Å². The van der Waals surface area contributed by atoms with Crippen molar-refractivity contribution in [2.24, 2.45) is 0 Å². The van der Waals surface area contributed by atoms with E-state index in [0.29, 0.717) is 16.1 Å². The summed E-state index contributed by atoms with van der Waals surface area (Å²) in [6, 6.07) is 8.22. The third kappa shape index (κ3) is 1.75. The Morgan fingerprint density at radius 2 is 1.93 bits per heavy atom. The fraction of sp³-hybridized carbons (Fsp3) is 0. The van der Waals surface area contributed by atoms with Crippen LogP contribution in [0, 0.1) is 5.82 Å². The molecule has 1 nitrogen and oxygen atoms in total. The Bertz CT molecular complexity index is 457. The molecule has 3 heteroatoms. The van der Waals surface area contributed by atoms with E-state index in [1.165, 1.54) is 12.3 Å². The molecule has 14 heavy (non-hydrogen) atoms. The molecule has 0 radical (unpaired) electrons. The zero-order valence-electron chi connectivity index (χ0n) is 7.24. The Morgan fingerprint density at radius 1 is 1.14 bits per heavy atom. The van der Waals surface area contributed by atoms with Gasteiger partial charge in [-0.3, -0.25) is 4.98 Å². The van der Waals surface area contributed by atoms with Gasteiger partial charge in [-0.1, -0.05) is 29.8 Å². The number of aromatic nitrogens is 1. The normalized spacial score (nSPS) is 10.1. The molecule has 2 rings (SSSR count). The lowest BCUT2D eigenvalue weighted by atomic mass is 10.1. The minimum absolute atomic E-state index is 0.267. The third-order valence-corrected chi connectivity index (χ3v) is 2.10. The molecule has 0 aliphatic carbocycles. The van der Waals surface area contributed by atoms with Crippen LogP contribution in [-0.4, -0.2) is 4.98 Å². The summed E-state index contributed by atoms with van der Waals surface area (Å²) in [5.41, 5.74) is 1.21. The van der Waals surface area contributed by atoms with E-state index in [9.17, 15) is 4.39 Å². The lowest BCUT2D eigenvalue weighted by Gasteiger charge is -2.02. The second kappa shape index (κ2) is 3.76. The van der Waals surface area contributed by atoms with E-state index in [2.05, 4.69) is 4.98 Å². The van der Waals surface area contributed by atoms with Gasteiger partial charge < -0.3 is 0 Å². The van der Waals surface area contributed by atoms with Gasteiger partial charge in [-0.05, 0) is 12.1 Å². The summed E-state index contributed by atoms with van der Waals surface area (Å²) >= 11 is 5.76. The van der Waals surface area contributed by atoms with Crippen molar-refractivity contribution < 1.29 is 4.39 Å². The molecular formula is C11H7ClFN. The highest BCUT2D eigenvalue weighted by atomic mass is 35.5. The van der Waals surface area contributed by atoms with Crippen LogP contribution >= 0.6 is 11.6 Å². The van der Waals surface area contributed by atoms with E-state index >= 15 is 0 Å². The lowest BCUT2D eigenvalue weighted by Crippen LogP contribution is -1.84. The first-order chi connectivity index (χ1) is 6.77. The number of halogens is 2. The predicted molar refractivity (Wildman–Crippen MR) is 54.6 cm³/mol. The molecule has 0 N–H and O–H groups in total. The highest BCUT2D eigenvalue weighted by molar-refractivity contribution is 6.30. The largest absolute Gasteiger partial charge is 0.263 e. The van der Waals surface area contributed by atoms with Gasteiger partial charge in [0.25, 0.3) is 0 Å². The average molecular weight is 208 g/mol. The van der Waals surface area contributed by atoms with Crippen LogP contribution in [0.25, 0.3) is 11.1 Å².